The van der Waals surface area contributed by atoms with Crippen LogP contribution in [-0.4, -0.2) is 35.6 Å². The van der Waals surface area contributed by atoms with Gasteiger partial charge in [0.15, 0.2) is 5.96 Å². The van der Waals surface area contributed by atoms with Gasteiger partial charge in [-0.2, -0.15) is 0 Å². The third-order valence-corrected chi connectivity index (χ3v) is 3.38. The molecule has 0 aliphatic carbocycles. The van der Waals surface area contributed by atoms with Gasteiger partial charge in [-0.25, -0.2) is 4.98 Å². The molecule has 5 heteroatoms. The maximum atomic E-state index is 4.24. The van der Waals surface area contributed by atoms with Gasteiger partial charge in [-0.05, 0) is 12.3 Å². The Morgan fingerprint density at radius 1 is 1.32 bits per heavy atom. The molecular weight excluding hydrogens is 238 g/mol. The van der Waals surface area contributed by atoms with Crippen LogP contribution in [0, 0.1) is 5.92 Å². The highest BCUT2D eigenvalue weighted by Gasteiger charge is 2.04. The van der Waals surface area contributed by atoms with E-state index < -0.39 is 0 Å². The predicted molar refractivity (Wildman–Crippen MR) is 80.3 cm³/mol. The molecule has 0 saturated heterocycles. The molecule has 2 N–H and O–H groups in total. The van der Waals surface area contributed by atoms with Crippen LogP contribution < -0.4 is 10.6 Å². The van der Waals surface area contributed by atoms with E-state index in [1.54, 1.807) is 0 Å². The topological polar surface area (TPSA) is 54.2 Å². The van der Waals surface area contributed by atoms with Crippen LogP contribution in [0.25, 0.3) is 0 Å². The fourth-order valence-electron chi connectivity index (χ4n) is 1.93. The molecule has 1 aromatic heterocycles. The van der Waals surface area contributed by atoms with Gasteiger partial charge in [0.2, 0.25) is 0 Å². The van der Waals surface area contributed by atoms with Crippen molar-refractivity contribution in [1.29, 1.82) is 0 Å². The van der Waals surface area contributed by atoms with E-state index in [-0.39, 0.29) is 0 Å². The predicted octanol–water partition coefficient (Wildman–Crippen LogP) is 1.87. The molecule has 0 aliphatic heterocycles. The summed E-state index contributed by atoms with van der Waals surface area (Å²) < 4.78 is 2.09. The highest BCUT2D eigenvalue weighted by molar-refractivity contribution is 5.79. The van der Waals surface area contributed by atoms with Crippen molar-refractivity contribution in [3.05, 3.63) is 18.7 Å². The van der Waals surface area contributed by atoms with Gasteiger partial charge in [0.25, 0.3) is 0 Å². The van der Waals surface area contributed by atoms with E-state index in [4.69, 9.17) is 0 Å². The first-order valence-corrected chi connectivity index (χ1v) is 7.20. The Morgan fingerprint density at radius 3 is 2.68 bits per heavy atom. The number of imidazole rings is 1. The number of nitrogens with one attached hydrogen (secondary N) is 2. The Balaban J connectivity index is 2.15. The summed E-state index contributed by atoms with van der Waals surface area (Å²) in [6.45, 7) is 7.36. The van der Waals surface area contributed by atoms with E-state index in [1.165, 1.54) is 12.8 Å². The monoisotopic (exact) mass is 265 g/mol. The van der Waals surface area contributed by atoms with Gasteiger partial charge in [-0.3, -0.25) is 4.99 Å². The number of aliphatic imine (C=N–C) groups is 1. The Kier molecular flexibility index (Phi) is 7.70. The van der Waals surface area contributed by atoms with Crippen LogP contribution in [0.5, 0.6) is 0 Å². The molecule has 1 heterocycles. The number of nitrogens with zero attached hydrogens (tertiary/aromatic N) is 3. The minimum absolute atomic E-state index is 0.726. The van der Waals surface area contributed by atoms with Crippen molar-refractivity contribution in [3.8, 4) is 0 Å². The lowest BCUT2D eigenvalue weighted by Crippen LogP contribution is -2.40. The van der Waals surface area contributed by atoms with E-state index in [0.29, 0.717) is 0 Å². The molecule has 1 rings (SSSR count). The summed E-state index contributed by atoms with van der Waals surface area (Å²) in [5.41, 5.74) is 0. The number of guanidine groups is 1. The number of aromatic nitrogens is 2. The Hall–Kier alpha value is -1.52. The fourth-order valence-corrected chi connectivity index (χ4v) is 1.93. The molecule has 0 amide bonds. The number of rotatable bonds is 8. The molecule has 0 atom stereocenters. The lowest BCUT2D eigenvalue weighted by atomic mass is 10.0. The molecule has 0 spiro atoms. The molecule has 0 aromatic carbocycles. The molecule has 1 aromatic rings. The molecular formula is C14H27N5. The second-order valence-electron chi connectivity index (χ2n) is 4.72. The molecule has 0 saturated carbocycles. The van der Waals surface area contributed by atoms with Crippen molar-refractivity contribution in [2.75, 3.05) is 20.1 Å². The van der Waals surface area contributed by atoms with Gasteiger partial charge in [-0.15, -0.1) is 0 Å². The molecule has 0 unspecified atom stereocenters. The van der Waals surface area contributed by atoms with Gasteiger partial charge >= 0.3 is 0 Å². The van der Waals surface area contributed by atoms with E-state index in [1.807, 2.05) is 25.8 Å². The third-order valence-electron chi connectivity index (χ3n) is 3.38. The van der Waals surface area contributed by atoms with Crippen LogP contribution in [0.15, 0.2) is 23.7 Å². The summed E-state index contributed by atoms with van der Waals surface area (Å²) in [7, 11) is 1.82. The quantitative estimate of drug-likeness (QED) is 0.429. The van der Waals surface area contributed by atoms with E-state index >= 15 is 0 Å². The van der Waals surface area contributed by atoms with Gasteiger partial charge in [0, 0.05) is 39.1 Å². The minimum Gasteiger partial charge on any atom is -0.356 e. The van der Waals surface area contributed by atoms with Crippen LogP contribution in [0.3, 0.4) is 0 Å². The maximum absolute atomic E-state index is 4.24. The molecule has 0 radical (unpaired) electrons. The zero-order valence-electron chi connectivity index (χ0n) is 12.4. The number of hydrogen-bond donors (Lipinski definition) is 2. The van der Waals surface area contributed by atoms with E-state index in [9.17, 15) is 0 Å². The molecule has 5 nitrogen and oxygen atoms in total. The lowest BCUT2D eigenvalue weighted by Gasteiger charge is -2.16. The summed E-state index contributed by atoms with van der Waals surface area (Å²) in [5, 5.41) is 6.73. The summed E-state index contributed by atoms with van der Waals surface area (Å²) in [5.74, 6) is 1.63. The first kappa shape index (κ1) is 15.5. The van der Waals surface area contributed by atoms with Crippen LogP contribution in [0.4, 0.5) is 0 Å². The highest BCUT2D eigenvalue weighted by atomic mass is 15.2. The molecule has 19 heavy (non-hydrogen) atoms. The minimum atomic E-state index is 0.726. The van der Waals surface area contributed by atoms with Crippen LogP contribution in [0.2, 0.25) is 0 Å². The smallest absolute Gasteiger partial charge is 0.190 e. The van der Waals surface area contributed by atoms with Crippen molar-refractivity contribution < 1.29 is 0 Å². The molecule has 0 fully saturated rings. The average Bonchev–Trinajstić information content (AvgIpc) is 2.95. The van der Waals surface area contributed by atoms with Crippen molar-refractivity contribution in [2.45, 2.75) is 39.7 Å². The Bertz CT molecular complexity index is 341. The zero-order chi connectivity index (χ0) is 13.9. The van der Waals surface area contributed by atoms with E-state index in [2.05, 4.69) is 39.0 Å². The Morgan fingerprint density at radius 2 is 2.11 bits per heavy atom. The molecule has 0 bridgehead atoms. The van der Waals surface area contributed by atoms with Gasteiger partial charge in [0.05, 0.1) is 6.33 Å². The summed E-state index contributed by atoms with van der Waals surface area (Å²) in [4.78, 5) is 8.26. The van der Waals surface area contributed by atoms with Gasteiger partial charge in [-0.1, -0.05) is 26.7 Å². The first-order valence-electron chi connectivity index (χ1n) is 7.20. The summed E-state index contributed by atoms with van der Waals surface area (Å²) in [6, 6.07) is 0. The Labute approximate surface area is 116 Å². The normalized spacial score (nSPS) is 11.9. The third kappa shape index (κ3) is 6.27. The highest BCUT2D eigenvalue weighted by Crippen LogP contribution is 2.04. The second kappa shape index (κ2) is 9.42. The van der Waals surface area contributed by atoms with Crippen LogP contribution >= 0.6 is 0 Å². The number of aryl methyl sites for hydroxylation is 1. The molecule has 108 valence electrons. The van der Waals surface area contributed by atoms with Crippen molar-refractivity contribution in [1.82, 2.24) is 20.2 Å². The van der Waals surface area contributed by atoms with Crippen molar-refractivity contribution >= 4 is 5.96 Å². The summed E-state index contributed by atoms with van der Waals surface area (Å²) >= 11 is 0. The maximum Gasteiger partial charge on any atom is 0.190 e. The largest absolute Gasteiger partial charge is 0.356 e. The molecule has 0 aliphatic rings. The number of hydrogen-bond acceptors (Lipinski definition) is 2. The van der Waals surface area contributed by atoms with E-state index in [0.717, 1.165) is 37.9 Å². The average molecular weight is 265 g/mol. The zero-order valence-corrected chi connectivity index (χ0v) is 12.4. The fraction of sp³-hybridized carbons (Fsp3) is 0.714. The summed E-state index contributed by atoms with van der Waals surface area (Å²) in [6.07, 6.45) is 9.12. The van der Waals surface area contributed by atoms with Crippen LogP contribution in [0.1, 0.15) is 33.1 Å². The SMILES string of the molecule is CCC(CC)CNC(=NC)NCCCn1ccnc1. The second-order valence-corrected chi connectivity index (χ2v) is 4.72. The lowest BCUT2D eigenvalue weighted by molar-refractivity contribution is 0.481. The van der Waals surface area contributed by atoms with Crippen LogP contribution in [-0.2, 0) is 6.54 Å². The standard InChI is InChI=1S/C14H27N5/c1-4-13(5-2)11-18-14(15-3)17-7-6-9-19-10-8-16-12-19/h8,10,12-13H,4-7,9,11H2,1-3H3,(H2,15,17,18). The van der Waals surface area contributed by atoms with Gasteiger partial charge in [0.1, 0.15) is 0 Å². The van der Waals surface area contributed by atoms with Gasteiger partial charge < -0.3 is 15.2 Å². The van der Waals surface area contributed by atoms with Crippen molar-refractivity contribution in [2.24, 2.45) is 10.9 Å². The van der Waals surface area contributed by atoms with Crippen molar-refractivity contribution in [3.63, 3.8) is 0 Å². The first-order chi connectivity index (χ1) is 9.30.